The van der Waals surface area contributed by atoms with Crippen LogP contribution in [-0.4, -0.2) is 26.9 Å². The fourth-order valence-corrected chi connectivity index (χ4v) is 3.45. The maximum absolute atomic E-state index is 14.8. The molecule has 1 aromatic carbocycles. The molecule has 0 aliphatic heterocycles. The predicted octanol–water partition coefficient (Wildman–Crippen LogP) is 4.32. The number of anilines is 1. The quantitative estimate of drug-likeness (QED) is 0.581. The Kier molecular flexibility index (Phi) is 5.18. The number of fused-ring (bicyclic) bond motifs is 1. The van der Waals surface area contributed by atoms with Gasteiger partial charge in [0.1, 0.15) is 28.5 Å². The number of hydrogen-bond acceptors (Lipinski definition) is 4. The van der Waals surface area contributed by atoms with Crippen LogP contribution in [0, 0.1) is 18.6 Å². The summed E-state index contributed by atoms with van der Waals surface area (Å²) in [7, 11) is 0. The first-order valence-electron chi connectivity index (χ1n) is 9.33. The lowest BCUT2D eigenvalue weighted by atomic mass is 10.1. The minimum absolute atomic E-state index is 0.0600. The molecular weight excluding hydrogens is 442 g/mol. The van der Waals surface area contributed by atoms with E-state index in [1.807, 2.05) is 0 Å². The highest BCUT2D eigenvalue weighted by atomic mass is 19.3. The van der Waals surface area contributed by atoms with Crippen molar-refractivity contribution in [3.63, 3.8) is 0 Å². The fourth-order valence-electron chi connectivity index (χ4n) is 3.45. The summed E-state index contributed by atoms with van der Waals surface area (Å²) in [4.78, 5) is 32.7. The van der Waals surface area contributed by atoms with Crippen molar-refractivity contribution in [3.05, 3.63) is 63.3 Å². The monoisotopic (exact) mass is 456 g/mol. The number of aryl methyl sites for hydroxylation is 1. The van der Waals surface area contributed by atoms with E-state index in [0.29, 0.717) is 4.57 Å². The van der Waals surface area contributed by atoms with Gasteiger partial charge in [-0.3, -0.25) is 9.59 Å². The average molecular weight is 456 g/mol. The van der Waals surface area contributed by atoms with E-state index in [4.69, 9.17) is 0 Å². The van der Waals surface area contributed by atoms with E-state index in [-0.39, 0.29) is 24.1 Å². The summed E-state index contributed by atoms with van der Waals surface area (Å²) in [6, 6.07) is 2.83. The summed E-state index contributed by atoms with van der Waals surface area (Å²) in [6.07, 6.45) is -5.32. The molecule has 1 aliphatic rings. The van der Waals surface area contributed by atoms with Crippen LogP contribution in [0.1, 0.15) is 41.0 Å². The lowest BCUT2D eigenvalue weighted by Crippen LogP contribution is -2.37. The molecule has 0 saturated heterocycles. The average Bonchev–Trinajstić information content (AvgIpc) is 3.53. The summed E-state index contributed by atoms with van der Waals surface area (Å²) < 4.78 is 82.6. The van der Waals surface area contributed by atoms with Gasteiger partial charge in [-0.2, -0.15) is 4.39 Å². The number of pyridine rings is 1. The van der Waals surface area contributed by atoms with Crippen LogP contribution in [0.4, 0.5) is 32.2 Å². The Hall–Kier alpha value is -3.44. The maximum atomic E-state index is 14.8. The second-order valence-electron chi connectivity index (χ2n) is 7.37. The Balaban J connectivity index is 1.85. The highest BCUT2D eigenvalue weighted by molar-refractivity contribution is 6.07. The Labute approximate surface area is 175 Å². The molecule has 3 aromatic rings. The van der Waals surface area contributed by atoms with Gasteiger partial charge in [0.2, 0.25) is 5.82 Å². The Morgan fingerprint density at radius 3 is 2.41 bits per heavy atom. The number of alkyl halides is 4. The minimum atomic E-state index is -3.17. The fraction of sp³-hybridized carbons (Fsp3) is 0.300. The van der Waals surface area contributed by atoms with Crippen LogP contribution in [-0.2, 0) is 5.54 Å². The van der Waals surface area contributed by atoms with Crippen LogP contribution in [0.3, 0.4) is 0 Å². The number of amides is 1. The van der Waals surface area contributed by atoms with Gasteiger partial charge in [0.15, 0.2) is 0 Å². The Morgan fingerprint density at radius 1 is 1.12 bits per heavy atom. The minimum Gasteiger partial charge on any atom is -0.306 e. The molecule has 0 unspecified atom stereocenters. The van der Waals surface area contributed by atoms with Gasteiger partial charge < -0.3 is 9.88 Å². The topological polar surface area (TPSA) is 76.9 Å². The molecule has 0 spiro atoms. The molecule has 168 valence electrons. The second-order valence-corrected chi connectivity index (χ2v) is 7.37. The number of rotatable bonds is 5. The van der Waals surface area contributed by atoms with Gasteiger partial charge in [-0.1, -0.05) is 12.1 Å². The van der Waals surface area contributed by atoms with Crippen LogP contribution >= 0.6 is 0 Å². The molecule has 1 N–H and O–H groups in total. The van der Waals surface area contributed by atoms with E-state index < -0.39 is 64.0 Å². The number of carbonyl (C=O) groups excluding carboxylic acids is 1. The molecule has 32 heavy (non-hydrogen) atoms. The number of nitrogens with zero attached hydrogens (tertiary/aromatic N) is 3. The smallest absolute Gasteiger partial charge is 0.289 e. The summed E-state index contributed by atoms with van der Waals surface area (Å²) in [5, 5.41) is 1.90. The van der Waals surface area contributed by atoms with Crippen molar-refractivity contribution in [2.45, 2.75) is 38.2 Å². The zero-order chi connectivity index (χ0) is 23.4. The van der Waals surface area contributed by atoms with Crippen molar-refractivity contribution in [1.82, 2.24) is 14.5 Å². The number of halogens is 6. The van der Waals surface area contributed by atoms with Crippen molar-refractivity contribution in [1.29, 1.82) is 0 Å². The zero-order valence-electron chi connectivity index (χ0n) is 16.3. The van der Waals surface area contributed by atoms with E-state index in [1.165, 1.54) is 6.92 Å². The summed E-state index contributed by atoms with van der Waals surface area (Å²) in [5.41, 5.74) is -5.43. The number of benzene rings is 1. The van der Waals surface area contributed by atoms with E-state index >= 15 is 0 Å². The third-order valence-electron chi connectivity index (χ3n) is 5.32. The van der Waals surface area contributed by atoms with Crippen LogP contribution in [0.2, 0.25) is 0 Å². The molecule has 1 amide bonds. The lowest BCUT2D eigenvalue weighted by Gasteiger charge is -2.19. The lowest BCUT2D eigenvalue weighted by molar-refractivity contribution is 0.0648. The summed E-state index contributed by atoms with van der Waals surface area (Å²) in [5.74, 6) is -4.52. The van der Waals surface area contributed by atoms with Gasteiger partial charge >= 0.3 is 0 Å². The summed E-state index contributed by atoms with van der Waals surface area (Å²) in [6.45, 7) is 1.32. The van der Waals surface area contributed by atoms with Crippen molar-refractivity contribution in [2.24, 2.45) is 0 Å². The third-order valence-corrected chi connectivity index (χ3v) is 5.32. The first kappa shape index (κ1) is 21.8. The van der Waals surface area contributed by atoms with Gasteiger partial charge in [-0.15, -0.1) is 0 Å². The molecule has 4 rings (SSSR count). The number of carbonyl (C=O) groups is 1. The Morgan fingerprint density at radius 2 is 1.81 bits per heavy atom. The molecule has 2 heterocycles. The van der Waals surface area contributed by atoms with E-state index in [1.54, 1.807) is 0 Å². The molecule has 1 fully saturated rings. The van der Waals surface area contributed by atoms with Gasteiger partial charge in [-0.05, 0) is 25.8 Å². The van der Waals surface area contributed by atoms with Gasteiger partial charge in [-0.25, -0.2) is 31.9 Å². The third kappa shape index (κ3) is 3.39. The van der Waals surface area contributed by atoms with Crippen LogP contribution < -0.4 is 10.9 Å². The molecule has 1 saturated carbocycles. The highest BCUT2D eigenvalue weighted by Gasteiger charge is 2.54. The largest absolute Gasteiger partial charge is 0.306 e. The van der Waals surface area contributed by atoms with Crippen molar-refractivity contribution in [3.8, 4) is 0 Å². The summed E-state index contributed by atoms with van der Waals surface area (Å²) >= 11 is 0. The van der Waals surface area contributed by atoms with E-state index in [9.17, 15) is 35.9 Å². The Bertz CT molecular complexity index is 1300. The maximum Gasteiger partial charge on any atom is 0.289 e. The number of aromatic nitrogens is 3. The van der Waals surface area contributed by atoms with Gasteiger partial charge in [0, 0.05) is 6.20 Å². The van der Waals surface area contributed by atoms with Crippen molar-refractivity contribution < 1.29 is 31.1 Å². The molecule has 1 aliphatic carbocycles. The van der Waals surface area contributed by atoms with Gasteiger partial charge in [0.25, 0.3) is 24.3 Å². The van der Waals surface area contributed by atoms with E-state index in [2.05, 4.69) is 15.3 Å². The molecule has 12 heteroatoms. The second kappa shape index (κ2) is 7.61. The first-order valence-corrected chi connectivity index (χ1v) is 9.33. The zero-order valence-corrected chi connectivity index (χ0v) is 16.3. The molecule has 0 radical (unpaired) electrons. The SMILES string of the molecule is Cc1nc(NC(=O)c2cccc(C(F)F)c2F)c2cn(C3(C(F)F)CC3)c(=O)c(F)c2n1. The van der Waals surface area contributed by atoms with Crippen LogP contribution in [0.5, 0.6) is 0 Å². The van der Waals surface area contributed by atoms with Crippen molar-refractivity contribution >= 4 is 22.6 Å². The molecule has 6 nitrogen and oxygen atoms in total. The van der Waals surface area contributed by atoms with E-state index in [0.717, 1.165) is 24.4 Å². The van der Waals surface area contributed by atoms with Crippen LogP contribution in [0.15, 0.2) is 29.2 Å². The normalized spacial score (nSPS) is 14.9. The molecule has 2 aromatic heterocycles. The number of hydrogen-bond donors (Lipinski definition) is 1. The predicted molar refractivity (Wildman–Crippen MR) is 101 cm³/mol. The molecule has 0 atom stereocenters. The molecular formula is C20H14F6N4O2. The standard InChI is InChI=1S/C20H14F6N4O2/c1-8-27-14-11(7-30(18(32)13(14)22)20(5-6-20)19(25)26)16(28-8)29-17(31)10-4-2-3-9(12(10)21)15(23)24/h2-4,7,15,19H,5-6H2,1H3,(H,27,28,29,31). The van der Waals surface area contributed by atoms with Gasteiger partial charge in [0.05, 0.1) is 16.5 Å². The first-order chi connectivity index (χ1) is 15.1. The number of nitrogens with one attached hydrogen (secondary N) is 1. The molecule has 0 bridgehead atoms. The van der Waals surface area contributed by atoms with Crippen LogP contribution in [0.25, 0.3) is 10.9 Å². The van der Waals surface area contributed by atoms with Crippen molar-refractivity contribution in [2.75, 3.05) is 5.32 Å². The highest BCUT2D eigenvalue weighted by Crippen LogP contribution is 2.48.